The van der Waals surface area contributed by atoms with Crippen molar-refractivity contribution in [2.24, 2.45) is 7.05 Å². The van der Waals surface area contributed by atoms with Crippen molar-refractivity contribution >= 4 is 16.7 Å². The van der Waals surface area contributed by atoms with Gasteiger partial charge in [-0.05, 0) is 37.6 Å². The molecule has 0 bridgehead atoms. The summed E-state index contributed by atoms with van der Waals surface area (Å²) in [6.07, 6.45) is 1.81. The normalized spacial score (nSPS) is 12.5. The maximum atomic E-state index is 9.56. The first-order valence-corrected chi connectivity index (χ1v) is 6.89. The molecule has 21 heavy (non-hydrogen) atoms. The van der Waals surface area contributed by atoms with Crippen LogP contribution >= 0.6 is 0 Å². The van der Waals surface area contributed by atoms with Gasteiger partial charge in [0, 0.05) is 18.5 Å². The van der Waals surface area contributed by atoms with Crippen LogP contribution in [0, 0.1) is 6.92 Å². The van der Waals surface area contributed by atoms with Crippen molar-refractivity contribution in [2.75, 3.05) is 5.32 Å². The lowest BCUT2D eigenvalue weighted by Gasteiger charge is -2.15. The lowest BCUT2D eigenvalue weighted by atomic mass is 10.1. The highest BCUT2D eigenvalue weighted by Gasteiger charge is 2.10. The number of nitrogens with one attached hydrogen (secondary N) is 1. The van der Waals surface area contributed by atoms with Crippen molar-refractivity contribution < 1.29 is 5.11 Å². The van der Waals surface area contributed by atoms with Crippen LogP contribution in [0.3, 0.4) is 0 Å². The second-order valence-electron chi connectivity index (χ2n) is 5.27. The number of phenolic OH excluding ortho intramolecular Hbond substituents is 1. The number of hydrogen-bond acceptors (Lipinski definition) is 4. The fraction of sp³-hybridized carbons (Fsp3) is 0.250. The third kappa shape index (κ3) is 2.54. The van der Waals surface area contributed by atoms with E-state index in [1.165, 1.54) is 0 Å². The monoisotopic (exact) mass is 282 g/mol. The zero-order valence-electron chi connectivity index (χ0n) is 12.3. The van der Waals surface area contributed by atoms with Crippen LogP contribution in [-0.4, -0.2) is 19.9 Å². The van der Waals surface area contributed by atoms with Crippen LogP contribution in [0.25, 0.3) is 11.0 Å². The Bertz CT molecular complexity index is 794. The van der Waals surface area contributed by atoms with Gasteiger partial charge in [-0.15, -0.1) is 0 Å². The van der Waals surface area contributed by atoms with Gasteiger partial charge < -0.3 is 10.4 Å². The third-order valence-electron chi connectivity index (χ3n) is 3.62. The van der Waals surface area contributed by atoms with Gasteiger partial charge in [-0.2, -0.15) is 5.10 Å². The van der Waals surface area contributed by atoms with Crippen LogP contribution in [0.5, 0.6) is 5.75 Å². The van der Waals surface area contributed by atoms with E-state index < -0.39 is 0 Å². The Kier molecular flexibility index (Phi) is 3.25. The van der Waals surface area contributed by atoms with Crippen molar-refractivity contribution in [1.82, 2.24) is 14.8 Å². The fourth-order valence-electron chi connectivity index (χ4n) is 2.51. The number of aromatic nitrogens is 3. The molecule has 2 N–H and O–H groups in total. The van der Waals surface area contributed by atoms with E-state index in [0.717, 1.165) is 28.0 Å². The number of rotatable bonds is 3. The Labute approximate surface area is 123 Å². The molecular formula is C16H18N4O. The highest BCUT2D eigenvalue weighted by molar-refractivity contribution is 5.81. The van der Waals surface area contributed by atoms with Crippen LogP contribution in [0.4, 0.5) is 5.69 Å². The van der Waals surface area contributed by atoms with Crippen molar-refractivity contribution in [1.29, 1.82) is 0 Å². The minimum Gasteiger partial charge on any atom is -0.508 e. The molecule has 5 nitrogen and oxygen atoms in total. The molecule has 0 radical (unpaired) electrons. The van der Waals surface area contributed by atoms with Gasteiger partial charge in [0.15, 0.2) is 5.65 Å². The number of fused-ring (bicyclic) bond motifs is 1. The number of aromatic hydroxyl groups is 1. The smallest absolute Gasteiger partial charge is 0.157 e. The van der Waals surface area contributed by atoms with Crippen LogP contribution in [0.15, 0.2) is 36.5 Å². The maximum Gasteiger partial charge on any atom is 0.157 e. The summed E-state index contributed by atoms with van der Waals surface area (Å²) in [7, 11) is 1.89. The van der Waals surface area contributed by atoms with Gasteiger partial charge in [-0.25, -0.2) is 4.98 Å². The van der Waals surface area contributed by atoms with E-state index in [1.807, 2.05) is 32.3 Å². The Morgan fingerprint density at radius 2 is 2.10 bits per heavy atom. The van der Waals surface area contributed by atoms with Gasteiger partial charge in [0.05, 0.1) is 17.6 Å². The van der Waals surface area contributed by atoms with Crippen LogP contribution in [0.1, 0.15) is 24.2 Å². The van der Waals surface area contributed by atoms with E-state index in [0.29, 0.717) is 0 Å². The van der Waals surface area contributed by atoms with Crippen LogP contribution in [-0.2, 0) is 7.05 Å². The van der Waals surface area contributed by atoms with E-state index >= 15 is 0 Å². The molecule has 1 atom stereocenters. The van der Waals surface area contributed by atoms with Gasteiger partial charge in [-0.3, -0.25) is 4.68 Å². The van der Waals surface area contributed by atoms with Gasteiger partial charge in [0.25, 0.3) is 0 Å². The molecule has 3 aromatic rings. The average Bonchev–Trinajstić information content (AvgIpc) is 2.74. The molecule has 3 rings (SSSR count). The maximum absolute atomic E-state index is 9.56. The Balaban J connectivity index is 1.89. The molecular weight excluding hydrogens is 264 g/mol. The summed E-state index contributed by atoms with van der Waals surface area (Å²) in [6.45, 7) is 4.03. The van der Waals surface area contributed by atoms with Crippen molar-refractivity contribution in [2.45, 2.75) is 19.9 Å². The summed E-state index contributed by atoms with van der Waals surface area (Å²) in [4.78, 5) is 4.45. The predicted octanol–water partition coefficient (Wildman–Crippen LogP) is 3.16. The topological polar surface area (TPSA) is 63.0 Å². The van der Waals surface area contributed by atoms with E-state index in [1.54, 1.807) is 16.8 Å². The van der Waals surface area contributed by atoms with E-state index in [-0.39, 0.29) is 11.8 Å². The second-order valence-corrected chi connectivity index (χ2v) is 5.27. The summed E-state index contributed by atoms with van der Waals surface area (Å²) >= 11 is 0. The minimum atomic E-state index is 0.0772. The lowest BCUT2D eigenvalue weighted by molar-refractivity contribution is 0.474. The second kappa shape index (κ2) is 5.09. The number of anilines is 1. The quantitative estimate of drug-likeness (QED) is 0.774. The Morgan fingerprint density at radius 1 is 1.29 bits per heavy atom. The van der Waals surface area contributed by atoms with Crippen molar-refractivity contribution in [3.63, 3.8) is 0 Å². The summed E-state index contributed by atoms with van der Waals surface area (Å²) in [5, 5.41) is 18.4. The molecule has 0 saturated carbocycles. The molecule has 1 unspecified atom stereocenters. The molecule has 2 heterocycles. The summed E-state index contributed by atoms with van der Waals surface area (Å²) in [5.41, 5.74) is 3.81. The number of pyridine rings is 1. The first kappa shape index (κ1) is 13.4. The molecule has 5 heteroatoms. The molecule has 0 amide bonds. The SMILES string of the molecule is Cc1nn(C)c2ncc(NC(C)c3cccc(O)c3)cc12. The zero-order chi connectivity index (χ0) is 15.0. The zero-order valence-corrected chi connectivity index (χ0v) is 12.3. The molecule has 108 valence electrons. The van der Waals surface area contributed by atoms with E-state index in [9.17, 15) is 5.11 Å². The molecule has 0 spiro atoms. The molecule has 0 aliphatic rings. The third-order valence-corrected chi connectivity index (χ3v) is 3.62. The number of aryl methyl sites for hydroxylation is 2. The van der Waals surface area contributed by atoms with E-state index in [4.69, 9.17) is 0 Å². The van der Waals surface area contributed by atoms with Crippen LogP contribution in [0.2, 0.25) is 0 Å². The molecule has 0 aliphatic heterocycles. The minimum absolute atomic E-state index is 0.0772. The van der Waals surface area contributed by atoms with Gasteiger partial charge in [0.1, 0.15) is 5.75 Å². The largest absolute Gasteiger partial charge is 0.508 e. The highest BCUT2D eigenvalue weighted by atomic mass is 16.3. The number of nitrogens with zero attached hydrogens (tertiary/aromatic N) is 3. The van der Waals surface area contributed by atoms with Crippen molar-refractivity contribution in [3.05, 3.63) is 47.8 Å². The first-order chi connectivity index (χ1) is 10.0. The fourth-order valence-corrected chi connectivity index (χ4v) is 2.51. The lowest BCUT2D eigenvalue weighted by Crippen LogP contribution is -2.06. The van der Waals surface area contributed by atoms with Gasteiger partial charge in [0.2, 0.25) is 0 Å². The van der Waals surface area contributed by atoms with Crippen LogP contribution < -0.4 is 5.32 Å². The first-order valence-electron chi connectivity index (χ1n) is 6.89. The average molecular weight is 282 g/mol. The Morgan fingerprint density at radius 3 is 2.86 bits per heavy atom. The predicted molar refractivity (Wildman–Crippen MR) is 83.4 cm³/mol. The molecule has 0 aliphatic carbocycles. The molecule has 0 fully saturated rings. The number of benzene rings is 1. The summed E-state index contributed by atoms with van der Waals surface area (Å²) in [5.74, 6) is 0.276. The Hall–Kier alpha value is -2.56. The van der Waals surface area contributed by atoms with E-state index in [2.05, 4.69) is 28.4 Å². The molecule has 2 aromatic heterocycles. The number of phenols is 1. The van der Waals surface area contributed by atoms with Gasteiger partial charge in [-0.1, -0.05) is 12.1 Å². The molecule has 1 aromatic carbocycles. The summed E-state index contributed by atoms with van der Waals surface area (Å²) < 4.78 is 1.78. The summed E-state index contributed by atoms with van der Waals surface area (Å²) in [6, 6.07) is 9.40. The highest BCUT2D eigenvalue weighted by Crippen LogP contribution is 2.24. The van der Waals surface area contributed by atoms with Crippen molar-refractivity contribution in [3.8, 4) is 5.75 Å². The van der Waals surface area contributed by atoms with Gasteiger partial charge >= 0.3 is 0 Å². The number of hydrogen-bond donors (Lipinski definition) is 2. The molecule has 0 saturated heterocycles. The standard InChI is InChI=1S/C16H18N4O/c1-10(12-5-4-6-14(21)7-12)18-13-8-15-11(2)19-20(3)16(15)17-9-13/h4-10,18,21H,1-3H3.